The number of rotatable bonds is 6. The molecule has 0 saturated heterocycles. The zero-order valence-corrected chi connectivity index (χ0v) is 13.8. The van der Waals surface area contributed by atoms with Crippen LogP contribution in [0.3, 0.4) is 0 Å². The molecule has 0 aliphatic carbocycles. The van der Waals surface area contributed by atoms with Gasteiger partial charge in [-0.25, -0.2) is 8.42 Å². The van der Waals surface area contributed by atoms with Gasteiger partial charge in [-0.15, -0.1) is 0 Å². The molecular formula is C12H20ClN3O3S. The number of amides is 1. The number of hydrogen-bond acceptors (Lipinski definition) is 4. The average molecular weight is 322 g/mol. The van der Waals surface area contributed by atoms with Crippen LogP contribution in [0.5, 0.6) is 0 Å². The molecule has 0 saturated carbocycles. The first-order valence-corrected chi connectivity index (χ1v) is 8.84. The van der Waals surface area contributed by atoms with E-state index < -0.39 is 9.05 Å². The standard InChI is InChI=1S/C12H20ClN3O3S/c1-5-9-12(20(13,18)19)10(6-2)16(14-9)8-11(17)15(4)7-3/h5-8H2,1-4H3. The molecule has 0 spiro atoms. The fraction of sp³-hybridized carbons (Fsp3) is 0.667. The number of aryl methyl sites for hydroxylation is 1. The van der Waals surface area contributed by atoms with Crippen molar-refractivity contribution in [1.29, 1.82) is 0 Å². The number of carbonyl (C=O) groups excluding carboxylic acids is 1. The summed E-state index contributed by atoms with van der Waals surface area (Å²) in [6.45, 7) is 6.09. The van der Waals surface area contributed by atoms with Crippen molar-refractivity contribution in [2.24, 2.45) is 0 Å². The molecule has 1 heterocycles. The van der Waals surface area contributed by atoms with Crippen LogP contribution in [0.25, 0.3) is 0 Å². The molecule has 0 unspecified atom stereocenters. The summed E-state index contributed by atoms with van der Waals surface area (Å²) in [5.74, 6) is -0.120. The maximum absolute atomic E-state index is 12.0. The molecule has 1 aromatic rings. The van der Waals surface area contributed by atoms with Crippen LogP contribution in [0, 0.1) is 0 Å². The Kier molecular flexibility index (Phi) is 5.59. The second-order valence-corrected chi connectivity index (χ2v) is 6.94. The Hall–Kier alpha value is -1.08. The van der Waals surface area contributed by atoms with Crippen molar-refractivity contribution in [1.82, 2.24) is 14.7 Å². The van der Waals surface area contributed by atoms with E-state index in [1.807, 2.05) is 13.8 Å². The lowest BCUT2D eigenvalue weighted by molar-refractivity contribution is -0.130. The zero-order valence-electron chi connectivity index (χ0n) is 12.2. The Morgan fingerprint density at radius 3 is 2.30 bits per heavy atom. The van der Waals surface area contributed by atoms with E-state index in [1.54, 1.807) is 18.9 Å². The van der Waals surface area contributed by atoms with Crippen LogP contribution in [-0.4, -0.2) is 42.6 Å². The summed E-state index contributed by atoms with van der Waals surface area (Å²) >= 11 is 0. The number of hydrogen-bond donors (Lipinski definition) is 0. The minimum Gasteiger partial charge on any atom is -0.344 e. The predicted octanol–water partition coefficient (Wildman–Crippen LogP) is 1.41. The summed E-state index contributed by atoms with van der Waals surface area (Å²) in [5, 5.41) is 4.23. The van der Waals surface area contributed by atoms with E-state index in [9.17, 15) is 13.2 Å². The van der Waals surface area contributed by atoms with E-state index >= 15 is 0 Å². The number of likely N-dealkylation sites (N-methyl/N-ethyl adjacent to an activating group) is 1. The van der Waals surface area contributed by atoms with Crippen LogP contribution >= 0.6 is 10.7 Å². The van der Waals surface area contributed by atoms with Gasteiger partial charge in [0.1, 0.15) is 11.4 Å². The van der Waals surface area contributed by atoms with Crippen LogP contribution < -0.4 is 0 Å². The SMILES string of the molecule is CCc1nn(CC(=O)N(C)CC)c(CC)c1S(=O)(=O)Cl. The van der Waals surface area contributed by atoms with Crippen LogP contribution in [0.2, 0.25) is 0 Å². The number of nitrogens with zero attached hydrogens (tertiary/aromatic N) is 3. The van der Waals surface area contributed by atoms with Gasteiger partial charge < -0.3 is 4.90 Å². The molecule has 0 aliphatic rings. The lowest BCUT2D eigenvalue weighted by Crippen LogP contribution is -2.30. The quantitative estimate of drug-likeness (QED) is 0.743. The molecule has 6 nitrogen and oxygen atoms in total. The summed E-state index contributed by atoms with van der Waals surface area (Å²) in [6.07, 6.45) is 0.885. The van der Waals surface area contributed by atoms with Gasteiger partial charge in [-0.3, -0.25) is 9.48 Å². The predicted molar refractivity (Wildman–Crippen MR) is 77.3 cm³/mol. The molecule has 0 bridgehead atoms. The van der Waals surface area contributed by atoms with Gasteiger partial charge in [-0.1, -0.05) is 13.8 Å². The van der Waals surface area contributed by atoms with Gasteiger partial charge in [0.2, 0.25) is 5.91 Å². The van der Waals surface area contributed by atoms with Crippen molar-refractivity contribution in [3.05, 3.63) is 11.4 Å². The van der Waals surface area contributed by atoms with Gasteiger partial charge in [-0.2, -0.15) is 5.10 Å². The first-order chi connectivity index (χ1) is 9.26. The molecule has 0 aromatic carbocycles. The fourth-order valence-electron chi connectivity index (χ4n) is 1.95. The van der Waals surface area contributed by atoms with Gasteiger partial charge in [0.15, 0.2) is 0 Å². The summed E-state index contributed by atoms with van der Waals surface area (Å²) in [7, 11) is 3.32. The van der Waals surface area contributed by atoms with Crippen LogP contribution in [0.4, 0.5) is 0 Å². The molecule has 0 N–H and O–H groups in total. The van der Waals surface area contributed by atoms with Crippen LogP contribution in [-0.2, 0) is 33.2 Å². The summed E-state index contributed by atoms with van der Waals surface area (Å²) in [6, 6.07) is 0. The lowest BCUT2D eigenvalue weighted by Gasteiger charge is -2.15. The van der Waals surface area contributed by atoms with Gasteiger partial charge in [0.05, 0.1) is 11.4 Å². The van der Waals surface area contributed by atoms with Crippen molar-refractivity contribution >= 4 is 25.6 Å². The van der Waals surface area contributed by atoms with E-state index in [4.69, 9.17) is 10.7 Å². The lowest BCUT2D eigenvalue weighted by atomic mass is 10.2. The number of halogens is 1. The molecule has 0 radical (unpaired) electrons. The minimum absolute atomic E-state index is 0.0208. The number of aromatic nitrogens is 2. The molecule has 1 rings (SSSR count). The van der Waals surface area contributed by atoms with Crippen molar-refractivity contribution in [3.63, 3.8) is 0 Å². The Bertz CT molecular complexity index is 595. The van der Waals surface area contributed by atoms with E-state index in [0.717, 1.165) is 0 Å². The molecule has 8 heteroatoms. The second-order valence-electron chi connectivity index (χ2n) is 4.43. The Balaban J connectivity index is 3.29. The van der Waals surface area contributed by atoms with E-state index in [2.05, 4.69) is 5.10 Å². The first-order valence-electron chi connectivity index (χ1n) is 6.53. The molecule has 0 atom stereocenters. The van der Waals surface area contributed by atoms with Crippen LogP contribution in [0.1, 0.15) is 32.2 Å². The normalized spacial score (nSPS) is 11.7. The molecule has 114 valence electrons. The molecule has 1 aromatic heterocycles. The monoisotopic (exact) mass is 321 g/mol. The summed E-state index contributed by atoms with van der Waals surface area (Å²) in [4.78, 5) is 13.6. The topological polar surface area (TPSA) is 72.3 Å². The third-order valence-electron chi connectivity index (χ3n) is 3.18. The molecule has 0 fully saturated rings. The molecule has 20 heavy (non-hydrogen) atoms. The van der Waals surface area contributed by atoms with E-state index in [0.29, 0.717) is 30.8 Å². The van der Waals surface area contributed by atoms with Crippen LogP contribution in [0.15, 0.2) is 4.90 Å². The van der Waals surface area contributed by atoms with Crippen molar-refractivity contribution in [2.45, 2.75) is 45.1 Å². The Labute approximate surface area is 124 Å². The Morgan fingerprint density at radius 1 is 1.30 bits per heavy atom. The highest BCUT2D eigenvalue weighted by atomic mass is 35.7. The largest absolute Gasteiger partial charge is 0.344 e. The molecule has 1 amide bonds. The maximum atomic E-state index is 12.0. The van der Waals surface area contributed by atoms with Crippen molar-refractivity contribution in [3.8, 4) is 0 Å². The highest BCUT2D eigenvalue weighted by molar-refractivity contribution is 8.13. The summed E-state index contributed by atoms with van der Waals surface area (Å²) < 4.78 is 24.8. The highest BCUT2D eigenvalue weighted by Gasteiger charge is 2.26. The average Bonchev–Trinajstić information content (AvgIpc) is 2.75. The number of carbonyl (C=O) groups is 1. The summed E-state index contributed by atoms with van der Waals surface area (Å²) in [5.41, 5.74) is 0.888. The third kappa shape index (κ3) is 3.52. The minimum atomic E-state index is -3.87. The zero-order chi connectivity index (χ0) is 15.5. The van der Waals surface area contributed by atoms with Gasteiger partial charge in [-0.05, 0) is 19.8 Å². The fourth-order valence-corrected chi connectivity index (χ4v) is 3.48. The van der Waals surface area contributed by atoms with Gasteiger partial charge in [0, 0.05) is 24.3 Å². The van der Waals surface area contributed by atoms with Crippen molar-refractivity contribution in [2.75, 3.05) is 13.6 Å². The third-order valence-corrected chi connectivity index (χ3v) is 4.60. The molecule has 0 aliphatic heterocycles. The van der Waals surface area contributed by atoms with Gasteiger partial charge >= 0.3 is 0 Å². The maximum Gasteiger partial charge on any atom is 0.264 e. The van der Waals surface area contributed by atoms with Crippen molar-refractivity contribution < 1.29 is 13.2 Å². The van der Waals surface area contributed by atoms with Gasteiger partial charge in [0.25, 0.3) is 9.05 Å². The van der Waals surface area contributed by atoms with E-state index in [-0.39, 0.29) is 17.3 Å². The van der Waals surface area contributed by atoms with E-state index in [1.165, 1.54) is 4.68 Å². The first kappa shape index (κ1) is 17.0. The second kappa shape index (κ2) is 6.58. The Morgan fingerprint density at radius 2 is 1.90 bits per heavy atom. The molecular weight excluding hydrogens is 302 g/mol. The highest BCUT2D eigenvalue weighted by Crippen LogP contribution is 2.25. The smallest absolute Gasteiger partial charge is 0.264 e.